The van der Waals surface area contributed by atoms with Crippen LogP contribution >= 0.6 is 0 Å². The van der Waals surface area contributed by atoms with Crippen LogP contribution in [0, 0.1) is 5.92 Å². The molecule has 1 amide bonds. The van der Waals surface area contributed by atoms with Crippen LogP contribution in [0.4, 0.5) is 0 Å². The summed E-state index contributed by atoms with van der Waals surface area (Å²) in [5.41, 5.74) is 3.84. The van der Waals surface area contributed by atoms with Gasteiger partial charge >= 0.3 is 0 Å². The van der Waals surface area contributed by atoms with Crippen LogP contribution in [0.3, 0.4) is 0 Å². The van der Waals surface area contributed by atoms with Crippen LogP contribution in [-0.4, -0.2) is 72.8 Å². The monoisotopic (exact) mass is 438 g/mol. The average molecular weight is 439 g/mol. The first-order chi connectivity index (χ1) is 15.5. The molecule has 2 aliphatic rings. The summed E-state index contributed by atoms with van der Waals surface area (Å²) in [6.45, 7) is 14.3. The Hall–Kier alpha value is -2.15. The van der Waals surface area contributed by atoms with Gasteiger partial charge in [0, 0.05) is 69.5 Å². The van der Waals surface area contributed by atoms with E-state index in [2.05, 4.69) is 64.5 Å². The number of carbonyl (C=O) groups excluding carboxylic acids is 1. The van der Waals surface area contributed by atoms with Gasteiger partial charge in [0.25, 0.3) is 0 Å². The molecule has 0 unspecified atom stereocenters. The maximum absolute atomic E-state index is 13.7. The van der Waals surface area contributed by atoms with Crippen molar-refractivity contribution in [1.29, 1.82) is 0 Å². The van der Waals surface area contributed by atoms with Crippen LogP contribution in [0.5, 0.6) is 0 Å². The third-order valence-corrected chi connectivity index (χ3v) is 6.85. The van der Waals surface area contributed by atoms with Crippen molar-refractivity contribution >= 4 is 16.8 Å². The summed E-state index contributed by atoms with van der Waals surface area (Å²) in [4.78, 5) is 18.1. The smallest absolute Gasteiger partial charge is 0.240 e. The number of hydrogen-bond donors (Lipinski definition) is 1. The van der Waals surface area contributed by atoms with Gasteiger partial charge in [0.05, 0.1) is 12.6 Å². The number of allylic oxidation sites excluding steroid dienone is 1. The van der Waals surface area contributed by atoms with Crippen LogP contribution in [0.25, 0.3) is 10.9 Å². The summed E-state index contributed by atoms with van der Waals surface area (Å²) in [6, 6.07) is 6.57. The molecular weight excluding hydrogens is 400 g/mol. The van der Waals surface area contributed by atoms with Gasteiger partial charge in [0.1, 0.15) is 0 Å². The lowest BCUT2D eigenvalue weighted by Gasteiger charge is -2.37. The Morgan fingerprint density at radius 2 is 2.06 bits per heavy atom. The predicted molar refractivity (Wildman–Crippen MR) is 130 cm³/mol. The number of piperazine rings is 1. The molecule has 0 saturated carbocycles. The Bertz CT molecular complexity index is 943. The van der Waals surface area contributed by atoms with E-state index in [0.717, 1.165) is 58.7 Å². The van der Waals surface area contributed by atoms with Crippen molar-refractivity contribution in [1.82, 2.24) is 19.7 Å². The van der Waals surface area contributed by atoms with E-state index in [1.165, 1.54) is 22.0 Å². The number of aromatic nitrogens is 1. The lowest BCUT2D eigenvalue weighted by Crippen LogP contribution is -2.55. The van der Waals surface area contributed by atoms with Crippen LogP contribution in [0.1, 0.15) is 37.4 Å². The van der Waals surface area contributed by atoms with Crippen molar-refractivity contribution in [2.75, 3.05) is 46.4 Å². The number of amides is 1. The largest absolute Gasteiger partial charge is 0.383 e. The maximum atomic E-state index is 13.7. The second-order valence-corrected chi connectivity index (χ2v) is 9.60. The fourth-order valence-corrected chi connectivity index (χ4v) is 5.27. The number of nitrogens with zero attached hydrogens (tertiary/aromatic N) is 3. The summed E-state index contributed by atoms with van der Waals surface area (Å²) in [5, 5.41) is 5.11. The Labute approximate surface area is 192 Å². The predicted octanol–water partition coefficient (Wildman–Crippen LogP) is 3.22. The van der Waals surface area contributed by atoms with Crippen molar-refractivity contribution in [2.45, 2.75) is 45.3 Å². The van der Waals surface area contributed by atoms with Crippen LogP contribution < -0.4 is 5.32 Å². The molecule has 6 nitrogen and oxygen atoms in total. The van der Waals surface area contributed by atoms with Gasteiger partial charge in [0.2, 0.25) is 5.91 Å². The summed E-state index contributed by atoms with van der Waals surface area (Å²) < 4.78 is 7.48. The highest BCUT2D eigenvalue weighted by Crippen LogP contribution is 2.36. The highest BCUT2D eigenvalue weighted by Gasteiger charge is 2.34. The minimum absolute atomic E-state index is 0.177. The highest BCUT2D eigenvalue weighted by molar-refractivity contribution is 5.90. The summed E-state index contributed by atoms with van der Waals surface area (Å²) in [6.07, 6.45) is 5.92. The van der Waals surface area contributed by atoms with Gasteiger partial charge in [-0.1, -0.05) is 32.1 Å². The van der Waals surface area contributed by atoms with E-state index < -0.39 is 0 Å². The molecule has 1 saturated heterocycles. The highest BCUT2D eigenvalue weighted by atomic mass is 16.5. The van der Waals surface area contributed by atoms with Crippen molar-refractivity contribution in [2.24, 2.45) is 5.92 Å². The zero-order valence-electron chi connectivity index (χ0n) is 19.8. The zero-order valence-corrected chi connectivity index (χ0v) is 19.8. The Kier molecular flexibility index (Phi) is 7.33. The van der Waals surface area contributed by atoms with Gasteiger partial charge in [-0.3, -0.25) is 15.0 Å². The number of benzene rings is 1. The number of hydrogen-bond acceptors (Lipinski definition) is 4. The first-order valence-electron chi connectivity index (χ1n) is 12.0. The summed E-state index contributed by atoms with van der Waals surface area (Å²) in [5.74, 6) is 0.780. The molecule has 6 heteroatoms. The Balaban J connectivity index is 1.59. The average Bonchev–Trinajstić information content (AvgIpc) is 3.05. The van der Waals surface area contributed by atoms with Gasteiger partial charge in [-0.25, -0.2) is 0 Å². The lowest BCUT2D eigenvalue weighted by atomic mass is 9.94. The Morgan fingerprint density at radius 3 is 2.75 bits per heavy atom. The molecule has 0 spiro atoms. The van der Waals surface area contributed by atoms with Gasteiger partial charge in [-0.15, -0.1) is 6.58 Å². The molecule has 1 aromatic carbocycles. The molecule has 0 aliphatic carbocycles. The van der Waals surface area contributed by atoms with E-state index in [4.69, 9.17) is 4.74 Å². The van der Waals surface area contributed by atoms with E-state index in [1.807, 2.05) is 6.08 Å². The number of rotatable bonds is 8. The quantitative estimate of drug-likeness (QED) is 0.643. The Morgan fingerprint density at radius 1 is 1.28 bits per heavy atom. The standard InChI is InChI=1S/C26H38N4O2/c1-5-9-30-18-20-17-23(26(31)29-12-10-28(11-13-29)14-15-32-4)27-22(16-19(2)3)21-7-6-8-24(30)25(20)21/h5-8,18-19,22-23,27H,1,9-17H2,2-4H3/t22-,23-/m0/s1. The lowest BCUT2D eigenvalue weighted by molar-refractivity contribution is -0.135. The minimum Gasteiger partial charge on any atom is -0.383 e. The molecular formula is C26H38N4O2. The molecule has 1 fully saturated rings. The first kappa shape index (κ1) is 23.0. The van der Waals surface area contributed by atoms with Gasteiger partial charge in [0.15, 0.2) is 0 Å². The van der Waals surface area contributed by atoms with Gasteiger partial charge < -0.3 is 14.2 Å². The molecule has 2 aliphatic heterocycles. The van der Waals surface area contributed by atoms with Gasteiger partial charge in [-0.05, 0) is 36.0 Å². The first-order valence-corrected chi connectivity index (χ1v) is 12.0. The number of methoxy groups -OCH3 is 1. The van der Waals surface area contributed by atoms with E-state index in [9.17, 15) is 4.79 Å². The molecule has 2 aromatic rings. The second kappa shape index (κ2) is 10.2. The normalized spacial score (nSPS) is 21.8. The van der Waals surface area contributed by atoms with Crippen LogP contribution in [-0.2, 0) is 22.5 Å². The molecule has 1 N–H and O–H groups in total. The van der Waals surface area contributed by atoms with Gasteiger partial charge in [-0.2, -0.15) is 0 Å². The van der Waals surface area contributed by atoms with Crippen LogP contribution in [0.2, 0.25) is 0 Å². The molecule has 3 heterocycles. The molecule has 4 rings (SSSR count). The number of nitrogens with one attached hydrogen (secondary N) is 1. The van der Waals surface area contributed by atoms with Crippen molar-refractivity contribution in [3.8, 4) is 0 Å². The van der Waals surface area contributed by atoms with E-state index in [-0.39, 0.29) is 18.0 Å². The zero-order chi connectivity index (χ0) is 22.7. The fraction of sp³-hybridized carbons (Fsp3) is 0.577. The third kappa shape index (κ3) is 4.77. The van der Waals surface area contributed by atoms with Crippen molar-refractivity contribution in [3.05, 3.63) is 48.2 Å². The molecule has 32 heavy (non-hydrogen) atoms. The van der Waals surface area contributed by atoms with E-state index in [0.29, 0.717) is 5.92 Å². The van der Waals surface area contributed by atoms with E-state index >= 15 is 0 Å². The fourth-order valence-electron chi connectivity index (χ4n) is 5.27. The number of ether oxygens (including phenoxy) is 1. The molecule has 0 bridgehead atoms. The molecule has 1 aromatic heterocycles. The molecule has 0 radical (unpaired) electrons. The van der Waals surface area contributed by atoms with E-state index in [1.54, 1.807) is 7.11 Å². The van der Waals surface area contributed by atoms with Crippen molar-refractivity contribution < 1.29 is 9.53 Å². The SMILES string of the molecule is C=CCn1cc2c3c(cccc31)[C@H](CC(C)C)N[C@H](C(=O)N1CCN(CCOC)CC1)C2. The maximum Gasteiger partial charge on any atom is 0.240 e. The number of carbonyl (C=O) groups is 1. The molecule has 174 valence electrons. The summed E-state index contributed by atoms with van der Waals surface area (Å²) >= 11 is 0. The molecule has 2 atom stereocenters. The topological polar surface area (TPSA) is 49.7 Å². The van der Waals surface area contributed by atoms with Crippen molar-refractivity contribution in [3.63, 3.8) is 0 Å². The minimum atomic E-state index is -0.195. The van der Waals surface area contributed by atoms with Crippen LogP contribution in [0.15, 0.2) is 37.1 Å². The third-order valence-electron chi connectivity index (χ3n) is 6.85. The summed E-state index contributed by atoms with van der Waals surface area (Å²) in [7, 11) is 1.74. The second-order valence-electron chi connectivity index (χ2n) is 9.60.